The van der Waals surface area contributed by atoms with Crippen molar-refractivity contribution in [3.63, 3.8) is 0 Å². The summed E-state index contributed by atoms with van der Waals surface area (Å²) in [5, 5.41) is 63.5. The molecule has 1 unspecified atom stereocenters. The van der Waals surface area contributed by atoms with Gasteiger partial charge in [0.1, 0.15) is 35.9 Å². The summed E-state index contributed by atoms with van der Waals surface area (Å²) in [4.78, 5) is 39.7. The molecule has 1 aliphatic heterocycles. The molecular formula is C27H30NO11+. The van der Waals surface area contributed by atoms with E-state index in [0.29, 0.717) is 0 Å². The molecule has 12 nitrogen and oxygen atoms in total. The molecule has 2 aromatic carbocycles. The van der Waals surface area contributed by atoms with Crippen molar-refractivity contribution in [3.05, 3.63) is 57.1 Å². The summed E-state index contributed by atoms with van der Waals surface area (Å²) in [6.07, 6.45) is -4.81. The molecule has 0 saturated carbocycles. The van der Waals surface area contributed by atoms with E-state index in [1.807, 2.05) is 0 Å². The van der Waals surface area contributed by atoms with E-state index in [1.165, 1.54) is 18.2 Å². The van der Waals surface area contributed by atoms with E-state index in [-0.39, 0.29) is 34.2 Å². The molecule has 39 heavy (non-hydrogen) atoms. The lowest BCUT2D eigenvalue weighted by atomic mass is 9.71. The lowest BCUT2D eigenvalue weighted by Crippen LogP contribution is -2.71. The van der Waals surface area contributed by atoms with Crippen LogP contribution in [0.25, 0.3) is 0 Å². The van der Waals surface area contributed by atoms with Gasteiger partial charge < -0.3 is 45.8 Å². The molecule has 2 aliphatic carbocycles. The number of ether oxygens (including phenoxy) is 2. The van der Waals surface area contributed by atoms with Crippen LogP contribution in [-0.4, -0.2) is 84.7 Å². The third-order valence-corrected chi connectivity index (χ3v) is 7.96. The zero-order valence-electron chi connectivity index (χ0n) is 21.1. The van der Waals surface area contributed by atoms with Crippen LogP contribution in [0.4, 0.5) is 0 Å². The Labute approximate surface area is 222 Å². The minimum absolute atomic E-state index is 0.0800. The molecule has 1 heterocycles. The van der Waals surface area contributed by atoms with E-state index >= 15 is 0 Å². The van der Waals surface area contributed by atoms with Crippen LogP contribution in [0, 0.1) is 0 Å². The number of carbonyl (C=O) groups excluding carboxylic acids is 3. The number of aliphatic hydroxyl groups excluding tert-OH is 3. The Balaban J connectivity index is 1.69. The highest BCUT2D eigenvalue weighted by Gasteiger charge is 2.50. The summed E-state index contributed by atoms with van der Waals surface area (Å²) >= 11 is 0. The fourth-order valence-corrected chi connectivity index (χ4v) is 5.87. The summed E-state index contributed by atoms with van der Waals surface area (Å²) in [7, 11) is 0. The number of aromatic hydroxyl groups is 2. The van der Waals surface area contributed by atoms with E-state index in [2.05, 4.69) is 5.73 Å². The average Bonchev–Trinajstić information content (AvgIpc) is 2.90. The Morgan fingerprint density at radius 3 is 2.46 bits per heavy atom. The first-order chi connectivity index (χ1) is 18.4. The number of quaternary nitrogens is 1. The molecule has 5 rings (SSSR count). The average molecular weight is 545 g/mol. The van der Waals surface area contributed by atoms with Gasteiger partial charge >= 0.3 is 0 Å². The summed E-state index contributed by atoms with van der Waals surface area (Å²) < 4.78 is 11.8. The Hall–Kier alpha value is -3.23. The van der Waals surface area contributed by atoms with Crippen LogP contribution in [0.2, 0.25) is 0 Å². The van der Waals surface area contributed by atoms with Gasteiger partial charge in [-0.2, -0.15) is 0 Å². The predicted molar refractivity (Wildman–Crippen MR) is 130 cm³/mol. The maximum atomic E-state index is 13.6. The van der Waals surface area contributed by atoms with Crippen LogP contribution in [0.1, 0.15) is 74.4 Å². The first-order valence-electron chi connectivity index (χ1n) is 12.5. The lowest BCUT2D eigenvalue weighted by molar-refractivity contribution is -0.466. The van der Waals surface area contributed by atoms with Crippen molar-refractivity contribution < 1.29 is 60.2 Å². The van der Waals surface area contributed by atoms with Gasteiger partial charge in [0.15, 0.2) is 23.6 Å². The van der Waals surface area contributed by atoms with Crippen molar-refractivity contribution in [1.29, 1.82) is 0 Å². The van der Waals surface area contributed by atoms with Gasteiger partial charge in [-0.15, -0.1) is 0 Å². The third kappa shape index (κ3) is 4.16. The molecule has 0 aromatic heterocycles. The number of hydrogen-bond acceptors (Lipinski definition) is 11. The van der Waals surface area contributed by atoms with Gasteiger partial charge in [0, 0.05) is 35.1 Å². The molecule has 9 N–H and O–H groups in total. The highest BCUT2D eigenvalue weighted by Crippen LogP contribution is 2.52. The van der Waals surface area contributed by atoms with E-state index in [9.17, 15) is 45.0 Å². The number of phenols is 2. The Morgan fingerprint density at radius 2 is 1.82 bits per heavy atom. The molecule has 12 heteroatoms. The Bertz CT molecular complexity index is 1380. The second-order valence-corrected chi connectivity index (χ2v) is 10.4. The van der Waals surface area contributed by atoms with Gasteiger partial charge in [-0.1, -0.05) is 18.2 Å². The van der Waals surface area contributed by atoms with Crippen LogP contribution in [0.15, 0.2) is 18.2 Å². The van der Waals surface area contributed by atoms with Gasteiger partial charge in [-0.3, -0.25) is 14.4 Å². The Morgan fingerprint density at radius 1 is 1.13 bits per heavy atom. The van der Waals surface area contributed by atoms with Gasteiger partial charge in [0.25, 0.3) is 0 Å². The minimum Gasteiger partial charge on any atom is -0.507 e. The number of ketones is 3. The largest absolute Gasteiger partial charge is 0.507 e. The quantitative estimate of drug-likeness (QED) is 0.189. The zero-order chi connectivity index (χ0) is 28.4. The van der Waals surface area contributed by atoms with Crippen molar-refractivity contribution in [3.8, 4) is 11.5 Å². The molecule has 6 atom stereocenters. The van der Waals surface area contributed by atoms with Gasteiger partial charge in [-0.25, -0.2) is 0 Å². The van der Waals surface area contributed by atoms with Crippen molar-refractivity contribution in [2.45, 2.75) is 69.0 Å². The summed E-state index contributed by atoms with van der Waals surface area (Å²) in [5.41, 5.74) is 0.341. The van der Waals surface area contributed by atoms with Crippen LogP contribution >= 0.6 is 0 Å². The third-order valence-electron chi connectivity index (χ3n) is 7.96. The van der Waals surface area contributed by atoms with Gasteiger partial charge in [0.2, 0.25) is 0 Å². The number of hydrogen-bond donors (Lipinski definition) is 7. The topological polar surface area (TPSA) is 219 Å². The number of carbonyl (C=O) groups is 3. The highest BCUT2D eigenvalue weighted by atomic mass is 16.7. The van der Waals surface area contributed by atoms with E-state index in [4.69, 9.17) is 9.47 Å². The number of fused-ring (bicyclic) bond motifs is 3. The summed E-state index contributed by atoms with van der Waals surface area (Å²) in [6, 6.07) is 3.80. The van der Waals surface area contributed by atoms with Crippen LogP contribution < -0.4 is 5.73 Å². The first-order valence-corrected chi connectivity index (χ1v) is 12.5. The number of phenolic OH excluding ortho intramolecular Hbond substituents is 2. The monoisotopic (exact) mass is 544 g/mol. The minimum atomic E-state index is -2.24. The fraction of sp³-hybridized carbons (Fsp3) is 0.444. The SMILES string of the molecule is CC1O[C@@H](O[C@H]2C[C@](O)(C(=O)CO)Cc3c(O)c4c(c(O)c32)C(=O)c2c(CO)cccc2C4=O)C[C@H]([NH3+])[C@H]1O. The van der Waals surface area contributed by atoms with Crippen LogP contribution in [0.5, 0.6) is 11.5 Å². The number of Topliss-reactive ketones (excluding diaryl/α,β-unsaturated/α-hetero) is 1. The standard InChI is InChI=1S/C27H29NO11/c1-10-22(32)14(28)5-17(38-10)39-15-7-27(37,16(31)9-30)6-13-19(15)26(36)21-20(24(13)34)23(33)12-4-2-3-11(8-29)18(12)25(21)35/h2-4,10,14-15,17,22,29-30,32,34,36-37H,5-9,28H2,1H3/p+1/t10?,14-,15-,17-,22-,27-/m0/s1. The molecule has 3 aliphatic rings. The number of rotatable bonds is 5. The highest BCUT2D eigenvalue weighted by molar-refractivity contribution is 6.31. The second kappa shape index (κ2) is 9.75. The molecule has 0 bridgehead atoms. The maximum Gasteiger partial charge on any atom is 0.198 e. The lowest BCUT2D eigenvalue weighted by Gasteiger charge is -2.41. The van der Waals surface area contributed by atoms with Crippen molar-refractivity contribution in [2.24, 2.45) is 0 Å². The molecule has 1 fully saturated rings. The molecular weight excluding hydrogens is 514 g/mol. The molecule has 2 aromatic rings. The molecule has 1 saturated heterocycles. The summed E-state index contributed by atoms with van der Waals surface area (Å²) in [5.74, 6) is -3.94. The first kappa shape index (κ1) is 27.3. The van der Waals surface area contributed by atoms with Crippen LogP contribution in [0.3, 0.4) is 0 Å². The smallest absolute Gasteiger partial charge is 0.198 e. The Kier molecular flexibility index (Phi) is 6.84. The maximum absolute atomic E-state index is 13.6. The van der Waals surface area contributed by atoms with Crippen molar-refractivity contribution >= 4 is 17.3 Å². The number of benzene rings is 2. The van der Waals surface area contributed by atoms with Gasteiger partial charge in [-0.05, 0) is 12.5 Å². The van der Waals surface area contributed by atoms with Crippen molar-refractivity contribution in [2.75, 3.05) is 6.61 Å². The summed E-state index contributed by atoms with van der Waals surface area (Å²) in [6.45, 7) is 0.0422. The molecule has 0 spiro atoms. The normalized spacial score (nSPS) is 29.9. The van der Waals surface area contributed by atoms with Crippen molar-refractivity contribution in [1.82, 2.24) is 0 Å². The molecule has 0 radical (unpaired) electrons. The predicted octanol–water partition coefficient (Wildman–Crippen LogP) is -1.23. The van der Waals surface area contributed by atoms with E-state index in [0.717, 1.165) is 0 Å². The van der Waals surface area contributed by atoms with Gasteiger partial charge in [0.05, 0.1) is 36.4 Å². The number of aliphatic hydroxyl groups is 4. The zero-order valence-corrected chi connectivity index (χ0v) is 21.1. The fourth-order valence-electron chi connectivity index (χ4n) is 5.87. The van der Waals surface area contributed by atoms with Crippen LogP contribution in [-0.2, 0) is 27.3 Å². The molecule has 0 amide bonds. The molecule has 208 valence electrons. The van der Waals surface area contributed by atoms with E-state index in [1.54, 1.807) is 6.92 Å². The van der Waals surface area contributed by atoms with E-state index < -0.39 is 102 Å². The second-order valence-electron chi connectivity index (χ2n) is 10.4.